The minimum Gasteiger partial charge on any atom is -0.438 e. The molecule has 2 bridgehead atoms. The molecule has 2 fully saturated rings. The van der Waals surface area contributed by atoms with Crippen LogP contribution in [-0.4, -0.2) is 18.9 Å². The van der Waals surface area contributed by atoms with Crippen LogP contribution in [-0.2, 0) is 9.47 Å². The lowest BCUT2D eigenvalue weighted by Gasteiger charge is -2.46. The van der Waals surface area contributed by atoms with Gasteiger partial charge in [0.25, 0.3) is 0 Å². The Balaban J connectivity index is 2.06. The van der Waals surface area contributed by atoms with Crippen molar-refractivity contribution >= 4 is 6.16 Å². The van der Waals surface area contributed by atoms with Gasteiger partial charge in [-0.25, -0.2) is 4.79 Å². The fourth-order valence-corrected chi connectivity index (χ4v) is 3.47. The summed E-state index contributed by atoms with van der Waals surface area (Å²) in [5.74, 6) is 1.43. The predicted octanol–water partition coefficient (Wildman–Crippen LogP) is 3.13. The summed E-state index contributed by atoms with van der Waals surface area (Å²) in [7, 11) is 1.38. The number of rotatable bonds is 1. The van der Waals surface area contributed by atoms with Gasteiger partial charge in [-0.15, -0.1) is 0 Å². The smallest absolute Gasteiger partial charge is 0.438 e. The van der Waals surface area contributed by atoms with E-state index in [-0.39, 0.29) is 5.60 Å². The van der Waals surface area contributed by atoms with Gasteiger partial charge in [-0.3, -0.25) is 0 Å². The second-order valence-corrected chi connectivity index (χ2v) is 5.25. The molecule has 2 rings (SSSR count). The average Bonchev–Trinajstić information content (AvgIpc) is 2.15. The van der Waals surface area contributed by atoms with Crippen LogP contribution in [0.4, 0.5) is 4.79 Å². The van der Waals surface area contributed by atoms with Gasteiger partial charge in [0.15, 0.2) is 0 Å². The molecule has 2 saturated carbocycles. The summed E-state index contributed by atoms with van der Waals surface area (Å²) in [6.45, 7) is 2.26. The molecule has 0 spiro atoms. The lowest BCUT2D eigenvalue weighted by molar-refractivity contribution is -0.0930. The van der Waals surface area contributed by atoms with E-state index >= 15 is 0 Å². The minimum absolute atomic E-state index is 0.201. The van der Waals surface area contributed by atoms with E-state index in [0.29, 0.717) is 5.92 Å². The van der Waals surface area contributed by atoms with Gasteiger partial charge < -0.3 is 9.47 Å². The van der Waals surface area contributed by atoms with Crippen LogP contribution in [0, 0.1) is 11.8 Å². The predicted molar refractivity (Wildman–Crippen MR) is 56.6 cm³/mol. The van der Waals surface area contributed by atoms with Crippen LogP contribution in [0.3, 0.4) is 0 Å². The number of hydrogen-bond donors (Lipinski definition) is 0. The molecular weight excluding hydrogens is 192 g/mol. The van der Waals surface area contributed by atoms with Gasteiger partial charge in [-0.05, 0) is 43.9 Å². The Labute approximate surface area is 91.1 Å². The molecule has 0 aromatic carbocycles. The lowest BCUT2D eigenvalue weighted by Crippen LogP contribution is -2.45. The Morgan fingerprint density at radius 2 is 2.20 bits per heavy atom. The first-order valence-electron chi connectivity index (χ1n) is 5.90. The first-order chi connectivity index (χ1) is 7.13. The number of methoxy groups -OCH3 is 1. The van der Waals surface area contributed by atoms with Crippen molar-refractivity contribution in [2.75, 3.05) is 7.11 Å². The van der Waals surface area contributed by atoms with Crippen LogP contribution in [0.5, 0.6) is 0 Å². The molecule has 0 aromatic rings. The molecule has 2 aliphatic rings. The summed E-state index contributed by atoms with van der Waals surface area (Å²) in [6.07, 6.45) is 6.36. The van der Waals surface area contributed by atoms with Crippen LogP contribution < -0.4 is 0 Å². The van der Waals surface area contributed by atoms with E-state index in [0.717, 1.165) is 25.2 Å². The van der Waals surface area contributed by atoms with Crippen molar-refractivity contribution in [1.82, 2.24) is 0 Å². The van der Waals surface area contributed by atoms with E-state index in [1.165, 1.54) is 26.4 Å². The summed E-state index contributed by atoms with van der Waals surface area (Å²) in [6, 6.07) is 0. The van der Waals surface area contributed by atoms with Crippen molar-refractivity contribution < 1.29 is 14.3 Å². The first kappa shape index (κ1) is 10.8. The van der Waals surface area contributed by atoms with Crippen molar-refractivity contribution in [3.63, 3.8) is 0 Å². The third-order valence-electron chi connectivity index (χ3n) is 3.83. The summed E-state index contributed by atoms with van der Waals surface area (Å²) in [5, 5.41) is 0. The van der Waals surface area contributed by atoms with Crippen molar-refractivity contribution in [2.45, 2.75) is 51.0 Å². The highest BCUT2D eigenvalue weighted by atomic mass is 16.7. The molecule has 2 aliphatic carbocycles. The molecule has 0 saturated heterocycles. The maximum absolute atomic E-state index is 11.2. The quantitative estimate of drug-likeness (QED) is 0.626. The summed E-state index contributed by atoms with van der Waals surface area (Å²) < 4.78 is 10.1. The summed E-state index contributed by atoms with van der Waals surface area (Å²) in [4.78, 5) is 11.2. The second-order valence-electron chi connectivity index (χ2n) is 5.25. The van der Waals surface area contributed by atoms with Gasteiger partial charge >= 0.3 is 6.16 Å². The molecule has 86 valence electrons. The maximum atomic E-state index is 11.2. The number of hydrogen-bond acceptors (Lipinski definition) is 3. The number of ether oxygens (including phenoxy) is 2. The average molecular weight is 212 g/mol. The van der Waals surface area contributed by atoms with Gasteiger partial charge in [-0.2, -0.15) is 0 Å². The molecule has 3 nitrogen and oxygen atoms in total. The van der Waals surface area contributed by atoms with E-state index in [9.17, 15) is 4.79 Å². The SMILES string of the molecule is COC(=O)OC12CCCC(C[C@@H](C)C1)C2. The zero-order chi connectivity index (χ0) is 10.9. The van der Waals surface area contributed by atoms with E-state index < -0.39 is 6.16 Å². The fraction of sp³-hybridized carbons (Fsp3) is 0.917. The second kappa shape index (κ2) is 4.03. The number of carbonyl (C=O) groups is 1. The highest BCUT2D eigenvalue weighted by Gasteiger charge is 2.45. The lowest BCUT2D eigenvalue weighted by atomic mass is 9.66. The Morgan fingerprint density at radius 1 is 1.40 bits per heavy atom. The third kappa shape index (κ3) is 2.27. The molecule has 2 unspecified atom stereocenters. The maximum Gasteiger partial charge on any atom is 0.508 e. The standard InChI is InChI=1S/C12H20O3/c1-9-6-10-4-3-5-12(7-9,8-10)15-11(13)14-2/h9-10H,3-8H2,1-2H3/t9-,10?,12?/m1/s1. The monoisotopic (exact) mass is 212 g/mol. The normalized spacial score (nSPS) is 39.6. The van der Waals surface area contributed by atoms with Gasteiger partial charge in [-0.1, -0.05) is 13.3 Å². The number of fused-ring (bicyclic) bond motifs is 2. The summed E-state index contributed by atoms with van der Waals surface area (Å²) >= 11 is 0. The molecule has 0 heterocycles. The van der Waals surface area contributed by atoms with Crippen LogP contribution in [0.1, 0.15) is 45.4 Å². The van der Waals surface area contributed by atoms with Crippen LogP contribution in [0.2, 0.25) is 0 Å². The zero-order valence-corrected chi connectivity index (χ0v) is 9.62. The largest absolute Gasteiger partial charge is 0.508 e. The molecule has 0 N–H and O–H groups in total. The van der Waals surface area contributed by atoms with Crippen LogP contribution in [0.25, 0.3) is 0 Å². The fourth-order valence-electron chi connectivity index (χ4n) is 3.47. The zero-order valence-electron chi connectivity index (χ0n) is 9.62. The van der Waals surface area contributed by atoms with Crippen molar-refractivity contribution in [3.8, 4) is 0 Å². The highest BCUT2D eigenvalue weighted by molar-refractivity contribution is 5.60. The molecule has 15 heavy (non-hydrogen) atoms. The van der Waals surface area contributed by atoms with Crippen LogP contribution in [0.15, 0.2) is 0 Å². The van der Waals surface area contributed by atoms with E-state index in [2.05, 4.69) is 11.7 Å². The van der Waals surface area contributed by atoms with Gasteiger partial charge in [0.05, 0.1) is 7.11 Å². The van der Waals surface area contributed by atoms with E-state index in [1.54, 1.807) is 0 Å². The number of carbonyl (C=O) groups excluding carboxylic acids is 1. The Hall–Kier alpha value is -0.730. The Kier molecular flexibility index (Phi) is 2.89. The molecule has 3 heteroatoms. The first-order valence-corrected chi connectivity index (χ1v) is 5.90. The van der Waals surface area contributed by atoms with Crippen LogP contribution >= 0.6 is 0 Å². The Bertz CT molecular complexity index is 247. The summed E-state index contributed by atoms with van der Waals surface area (Å²) in [5.41, 5.74) is -0.201. The van der Waals surface area contributed by atoms with Gasteiger partial charge in [0.1, 0.15) is 5.60 Å². The van der Waals surface area contributed by atoms with Gasteiger partial charge in [0, 0.05) is 0 Å². The molecular formula is C12H20O3. The Morgan fingerprint density at radius 3 is 2.93 bits per heavy atom. The van der Waals surface area contributed by atoms with Crippen molar-refractivity contribution in [3.05, 3.63) is 0 Å². The molecule has 0 amide bonds. The van der Waals surface area contributed by atoms with Crippen molar-refractivity contribution in [1.29, 1.82) is 0 Å². The highest BCUT2D eigenvalue weighted by Crippen LogP contribution is 2.47. The van der Waals surface area contributed by atoms with E-state index in [4.69, 9.17) is 4.74 Å². The molecule has 0 aromatic heterocycles. The van der Waals surface area contributed by atoms with E-state index in [1.807, 2.05) is 0 Å². The molecule has 0 aliphatic heterocycles. The molecule has 0 radical (unpaired) electrons. The topological polar surface area (TPSA) is 35.5 Å². The van der Waals surface area contributed by atoms with Gasteiger partial charge in [0.2, 0.25) is 0 Å². The molecule has 3 atom stereocenters. The third-order valence-corrected chi connectivity index (χ3v) is 3.83. The van der Waals surface area contributed by atoms with Crippen molar-refractivity contribution in [2.24, 2.45) is 11.8 Å². The minimum atomic E-state index is -0.509.